The highest BCUT2D eigenvalue weighted by atomic mass is 14.4. The summed E-state index contributed by atoms with van der Waals surface area (Å²) in [4.78, 5) is 0. The van der Waals surface area contributed by atoms with Gasteiger partial charge in [0.1, 0.15) is 0 Å². The molecule has 2 atom stereocenters. The third-order valence-corrected chi connectivity index (χ3v) is 6.77. The zero-order valence-electron chi connectivity index (χ0n) is 16.0. The highest BCUT2D eigenvalue weighted by molar-refractivity contribution is 5.81. The average Bonchev–Trinajstić information content (AvgIpc) is 3.35. The Balaban J connectivity index is 1.69. The van der Waals surface area contributed by atoms with E-state index in [1.165, 1.54) is 49.7 Å². The minimum Gasteiger partial charge on any atom is -0.0807 e. The van der Waals surface area contributed by atoms with Gasteiger partial charge in [0.25, 0.3) is 0 Å². The summed E-state index contributed by atoms with van der Waals surface area (Å²) >= 11 is 0. The van der Waals surface area contributed by atoms with Crippen molar-refractivity contribution in [3.8, 4) is 0 Å². The van der Waals surface area contributed by atoms with Crippen molar-refractivity contribution in [2.24, 2.45) is 5.92 Å². The molecule has 0 amide bonds. The molecule has 0 nitrogen and oxygen atoms in total. The molecule has 4 aliphatic rings. The fourth-order valence-electron chi connectivity index (χ4n) is 5.58. The Morgan fingerprint density at radius 1 is 1.15 bits per heavy atom. The summed E-state index contributed by atoms with van der Waals surface area (Å²) < 4.78 is 0. The molecule has 0 bridgehead atoms. The Morgan fingerprint density at radius 2 is 2.08 bits per heavy atom. The van der Waals surface area contributed by atoms with E-state index in [9.17, 15) is 0 Å². The molecule has 2 unspecified atom stereocenters. The molecule has 5 rings (SSSR count). The summed E-state index contributed by atoms with van der Waals surface area (Å²) in [5.74, 6) is 1.07. The van der Waals surface area contributed by atoms with Crippen molar-refractivity contribution in [1.82, 2.24) is 0 Å². The second kappa shape index (κ2) is 6.27. The Bertz CT molecular complexity index is 913. The van der Waals surface area contributed by atoms with Crippen molar-refractivity contribution in [3.05, 3.63) is 87.6 Å². The van der Waals surface area contributed by atoms with Gasteiger partial charge in [-0.1, -0.05) is 73.1 Å². The lowest BCUT2D eigenvalue weighted by Crippen LogP contribution is -2.05. The van der Waals surface area contributed by atoms with Gasteiger partial charge in [0.15, 0.2) is 0 Å². The molecule has 26 heavy (non-hydrogen) atoms. The zero-order valence-corrected chi connectivity index (χ0v) is 16.0. The summed E-state index contributed by atoms with van der Waals surface area (Å²) in [6.45, 7) is 4.61. The third kappa shape index (κ3) is 2.35. The number of allylic oxidation sites excluding steroid dienone is 10. The van der Waals surface area contributed by atoms with Crippen LogP contribution >= 0.6 is 0 Å². The zero-order chi connectivity index (χ0) is 17.7. The lowest BCUT2D eigenvalue weighted by atomic mass is 9.84. The van der Waals surface area contributed by atoms with Crippen molar-refractivity contribution in [3.63, 3.8) is 0 Å². The van der Waals surface area contributed by atoms with Gasteiger partial charge in [-0.25, -0.2) is 0 Å². The third-order valence-electron chi connectivity index (χ3n) is 6.77. The van der Waals surface area contributed by atoms with Crippen molar-refractivity contribution >= 4 is 5.57 Å². The number of aryl methyl sites for hydroxylation is 1. The highest BCUT2D eigenvalue weighted by Crippen LogP contribution is 2.53. The normalized spacial score (nSPS) is 26.2. The maximum absolute atomic E-state index is 2.49. The summed E-state index contributed by atoms with van der Waals surface area (Å²) in [6, 6.07) is 6.92. The monoisotopic (exact) mass is 340 g/mol. The van der Waals surface area contributed by atoms with Gasteiger partial charge in [-0.15, -0.1) is 0 Å². The van der Waals surface area contributed by atoms with Crippen LogP contribution in [-0.4, -0.2) is 0 Å². The fourth-order valence-corrected chi connectivity index (χ4v) is 5.58. The van der Waals surface area contributed by atoms with Gasteiger partial charge < -0.3 is 0 Å². The topological polar surface area (TPSA) is 0 Å². The number of hydrogen-bond acceptors (Lipinski definition) is 0. The predicted molar refractivity (Wildman–Crippen MR) is 111 cm³/mol. The molecule has 1 aromatic carbocycles. The predicted octanol–water partition coefficient (Wildman–Crippen LogP) is 7.20. The van der Waals surface area contributed by atoms with E-state index in [0.29, 0.717) is 11.8 Å². The summed E-state index contributed by atoms with van der Waals surface area (Å²) in [5.41, 5.74) is 12.6. The quantitative estimate of drug-likeness (QED) is 0.546. The molecule has 0 aromatic heterocycles. The molecule has 0 radical (unpaired) electrons. The van der Waals surface area contributed by atoms with Gasteiger partial charge in [0, 0.05) is 11.8 Å². The van der Waals surface area contributed by atoms with E-state index in [0.717, 1.165) is 0 Å². The van der Waals surface area contributed by atoms with Crippen LogP contribution in [0.15, 0.2) is 70.9 Å². The van der Waals surface area contributed by atoms with Crippen LogP contribution in [-0.2, 0) is 0 Å². The Labute approximate surface area is 157 Å². The van der Waals surface area contributed by atoms with Crippen LogP contribution in [0.4, 0.5) is 0 Å². The molecular formula is C26H28. The Kier molecular flexibility index (Phi) is 3.89. The second-order valence-electron chi connectivity index (χ2n) is 8.30. The largest absolute Gasteiger partial charge is 0.0807 e. The lowest BCUT2D eigenvalue weighted by Gasteiger charge is -2.20. The first-order valence-corrected chi connectivity index (χ1v) is 10.4. The van der Waals surface area contributed by atoms with Crippen LogP contribution in [0.3, 0.4) is 0 Å². The molecule has 0 spiro atoms. The van der Waals surface area contributed by atoms with E-state index in [-0.39, 0.29) is 0 Å². The van der Waals surface area contributed by atoms with Crippen LogP contribution < -0.4 is 0 Å². The first kappa shape index (κ1) is 16.1. The fraction of sp³-hybridized carbons (Fsp3) is 0.385. The van der Waals surface area contributed by atoms with E-state index in [1.54, 1.807) is 33.4 Å². The minimum absolute atomic E-state index is 0.483. The molecule has 0 aliphatic heterocycles. The van der Waals surface area contributed by atoms with Crippen LogP contribution in [0.2, 0.25) is 0 Å². The van der Waals surface area contributed by atoms with Gasteiger partial charge in [0.2, 0.25) is 0 Å². The summed E-state index contributed by atoms with van der Waals surface area (Å²) in [5, 5.41) is 0. The lowest BCUT2D eigenvalue weighted by molar-refractivity contribution is 0.704. The van der Waals surface area contributed by atoms with Gasteiger partial charge >= 0.3 is 0 Å². The van der Waals surface area contributed by atoms with Crippen LogP contribution in [0.25, 0.3) is 5.57 Å². The standard InChI is InChI=1S/C26H28/c1-3-7-18-12-13-21-22-11-6-8-17(2)26(22)23-15-14-20(19-9-4-5-10-19)25(23)16-24(18)21/h6,8-9,11-15,23-24H,3-5,7,10,16H2,1-2H3. The van der Waals surface area contributed by atoms with E-state index in [2.05, 4.69) is 62.4 Å². The highest BCUT2D eigenvalue weighted by Gasteiger charge is 2.36. The van der Waals surface area contributed by atoms with Crippen LogP contribution in [0.1, 0.15) is 68.1 Å². The maximum atomic E-state index is 2.49. The maximum Gasteiger partial charge on any atom is 0.0249 e. The van der Waals surface area contributed by atoms with Gasteiger partial charge in [-0.05, 0) is 72.4 Å². The molecule has 0 N–H and O–H groups in total. The molecule has 132 valence electrons. The number of hydrogen-bond donors (Lipinski definition) is 0. The number of fused-ring (bicyclic) bond motifs is 5. The number of benzene rings is 1. The molecule has 4 aliphatic carbocycles. The second-order valence-corrected chi connectivity index (χ2v) is 8.30. The van der Waals surface area contributed by atoms with Crippen LogP contribution in [0, 0.1) is 12.8 Å². The van der Waals surface area contributed by atoms with Crippen molar-refractivity contribution in [1.29, 1.82) is 0 Å². The molecule has 0 heteroatoms. The van der Waals surface area contributed by atoms with E-state index >= 15 is 0 Å². The Morgan fingerprint density at radius 3 is 2.88 bits per heavy atom. The average molecular weight is 341 g/mol. The van der Waals surface area contributed by atoms with Gasteiger partial charge in [-0.2, -0.15) is 0 Å². The molecule has 0 fully saturated rings. The van der Waals surface area contributed by atoms with Crippen molar-refractivity contribution < 1.29 is 0 Å². The van der Waals surface area contributed by atoms with E-state index in [4.69, 9.17) is 0 Å². The first-order valence-electron chi connectivity index (χ1n) is 10.4. The van der Waals surface area contributed by atoms with Gasteiger partial charge in [-0.3, -0.25) is 0 Å². The smallest absolute Gasteiger partial charge is 0.0249 e. The van der Waals surface area contributed by atoms with Crippen molar-refractivity contribution in [2.75, 3.05) is 0 Å². The molecule has 0 heterocycles. The van der Waals surface area contributed by atoms with E-state index in [1.807, 2.05) is 0 Å². The van der Waals surface area contributed by atoms with Gasteiger partial charge in [0.05, 0.1) is 0 Å². The van der Waals surface area contributed by atoms with E-state index < -0.39 is 0 Å². The first-order chi connectivity index (χ1) is 12.8. The van der Waals surface area contributed by atoms with Crippen LogP contribution in [0.5, 0.6) is 0 Å². The van der Waals surface area contributed by atoms with Crippen molar-refractivity contribution in [2.45, 2.75) is 58.3 Å². The molecule has 0 saturated heterocycles. The summed E-state index contributed by atoms with van der Waals surface area (Å²) in [6.07, 6.45) is 19.8. The molecule has 1 aromatic rings. The SMILES string of the molecule is CCCC1=CC=C2c3cccc(C)c3C3C=CC(C4=CCCC4)=C3CC12. The number of rotatable bonds is 3. The molecular weight excluding hydrogens is 312 g/mol. The minimum atomic E-state index is 0.483. The Hall–Kier alpha value is -2.08. The summed E-state index contributed by atoms with van der Waals surface area (Å²) in [7, 11) is 0. The molecule has 0 saturated carbocycles.